The highest BCUT2D eigenvalue weighted by Gasteiger charge is 2.31. The van der Waals surface area contributed by atoms with Crippen molar-refractivity contribution in [1.29, 1.82) is 0 Å². The minimum absolute atomic E-state index is 0.780. The average Bonchev–Trinajstić information content (AvgIpc) is 2.39. The van der Waals surface area contributed by atoms with Crippen LogP contribution in [0.3, 0.4) is 0 Å². The first-order chi connectivity index (χ1) is 6.79. The van der Waals surface area contributed by atoms with Crippen molar-refractivity contribution in [2.75, 3.05) is 19.6 Å². The molecule has 82 valence electrons. The maximum absolute atomic E-state index is 3.59. The van der Waals surface area contributed by atoms with Gasteiger partial charge in [0.05, 0.1) is 0 Å². The van der Waals surface area contributed by atoms with Gasteiger partial charge in [0, 0.05) is 18.6 Å². The van der Waals surface area contributed by atoms with E-state index in [0.717, 1.165) is 18.0 Å². The molecule has 2 atom stereocenters. The zero-order valence-corrected chi connectivity index (χ0v) is 9.63. The third-order valence-electron chi connectivity index (χ3n) is 3.88. The van der Waals surface area contributed by atoms with Gasteiger partial charge < -0.3 is 5.32 Å². The second-order valence-corrected chi connectivity index (χ2v) is 5.19. The van der Waals surface area contributed by atoms with E-state index in [0.29, 0.717) is 0 Å². The Labute approximate surface area is 88.1 Å². The van der Waals surface area contributed by atoms with Crippen LogP contribution in [0.4, 0.5) is 0 Å². The fourth-order valence-electron chi connectivity index (χ4n) is 3.02. The van der Waals surface area contributed by atoms with E-state index in [1.807, 2.05) is 0 Å². The maximum Gasteiger partial charge on any atom is 0.0246 e. The van der Waals surface area contributed by atoms with Gasteiger partial charge in [0.25, 0.3) is 0 Å². The molecule has 2 heteroatoms. The summed E-state index contributed by atoms with van der Waals surface area (Å²) in [5.74, 6) is 0.793. The molecule has 2 heterocycles. The molecule has 0 aromatic carbocycles. The van der Waals surface area contributed by atoms with Crippen molar-refractivity contribution in [3.8, 4) is 0 Å². The lowest BCUT2D eigenvalue weighted by atomic mass is 9.94. The summed E-state index contributed by atoms with van der Waals surface area (Å²) in [4.78, 5) is 2.79. The molecular formula is C12H24N2. The number of piperidine rings is 1. The SMILES string of the molecule is CC(C)C1CNCCC2CCCCN21. The van der Waals surface area contributed by atoms with Crippen molar-refractivity contribution in [2.24, 2.45) is 5.92 Å². The van der Waals surface area contributed by atoms with Crippen LogP contribution in [0.1, 0.15) is 39.5 Å². The first-order valence-corrected chi connectivity index (χ1v) is 6.25. The zero-order valence-electron chi connectivity index (χ0n) is 9.63. The number of fused-ring (bicyclic) bond motifs is 1. The topological polar surface area (TPSA) is 15.3 Å². The third kappa shape index (κ3) is 2.12. The quantitative estimate of drug-likeness (QED) is 0.688. The lowest BCUT2D eigenvalue weighted by Crippen LogP contribution is -2.49. The molecule has 2 fully saturated rings. The molecule has 2 rings (SSSR count). The fourth-order valence-corrected chi connectivity index (χ4v) is 3.02. The van der Waals surface area contributed by atoms with Crippen molar-refractivity contribution in [1.82, 2.24) is 10.2 Å². The Balaban J connectivity index is 2.06. The Kier molecular flexibility index (Phi) is 3.45. The molecule has 0 aliphatic carbocycles. The van der Waals surface area contributed by atoms with E-state index in [9.17, 15) is 0 Å². The van der Waals surface area contributed by atoms with Crippen LogP contribution >= 0.6 is 0 Å². The molecule has 0 bridgehead atoms. The van der Waals surface area contributed by atoms with Gasteiger partial charge in [-0.25, -0.2) is 0 Å². The first kappa shape index (κ1) is 10.4. The minimum atomic E-state index is 0.780. The van der Waals surface area contributed by atoms with Crippen LogP contribution in [0.5, 0.6) is 0 Å². The van der Waals surface area contributed by atoms with Crippen molar-refractivity contribution in [3.63, 3.8) is 0 Å². The highest BCUT2D eigenvalue weighted by Crippen LogP contribution is 2.26. The Morgan fingerprint density at radius 1 is 1.21 bits per heavy atom. The van der Waals surface area contributed by atoms with E-state index in [2.05, 4.69) is 24.1 Å². The van der Waals surface area contributed by atoms with E-state index in [4.69, 9.17) is 0 Å². The summed E-state index contributed by atoms with van der Waals surface area (Å²) in [5.41, 5.74) is 0. The van der Waals surface area contributed by atoms with Gasteiger partial charge in [0.15, 0.2) is 0 Å². The molecule has 0 saturated carbocycles. The summed E-state index contributed by atoms with van der Waals surface area (Å²) in [6.45, 7) is 8.50. The minimum Gasteiger partial charge on any atom is -0.315 e. The zero-order chi connectivity index (χ0) is 9.97. The van der Waals surface area contributed by atoms with Crippen molar-refractivity contribution in [3.05, 3.63) is 0 Å². The maximum atomic E-state index is 3.59. The van der Waals surface area contributed by atoms with Crippen molar-refractivity contribution in [2.45, 2.75) is 51.6 Å². The molecule has 0 aromatic rings. The number of nitrogens with zero attached hydrogens (tertiary/aromatic N) is 1. The van der Waals surface area contributed by atoms with Crippen LogP contribution in [0.2, 0.25) is 0 Å². The van der Waals surface area contributed by atoms with Gasteiger partial charge in [0.1, 0.15) is 0 Å². The molecule has 0 aromatic heterocycles. The molecule has 2 aliphatic rings. The molecular weight excluding hydrogens is 172 g/mol. The summed E-state index contributed by atoms with van der Waals surface area (Å²) in [7, 11) is 0. The molecule has 2 unspecified atom stereocenters. The highest BCUT2D eigenvalue weighted by molar-refractivity contribution is 4.88. The average molecular weight is 196 g/mol. The monoisotopic (exact) mass is 196 g/mol. The predicted molar refractivity (Wildman–Crippen MR) is 60.5 cm³/mol. The van der Waals surface area contributed by atoms with E-state index in [-0.39, 0.29) is 0 Å². The lowest BCUT2D eigenvalue weighted by Gasteiger charge is -2.41. The summed E-state index contributed by atoms with van der Waals surface area (Å²) < 4.78 is 0. The summed E-state index contributed by atoms with van der Waals surface area (Å²) >= 11 is 0. The molecule has 14 heavy (non-hydrogen) atoms. The Bertz CT molecular complexity index is 179. The van der Waals surface area contributed by atoms with Crippen LogP contribution in [0.15, 0.2) is 0 Å². The van der Waals surface area contributed by atoms with Gasteiger partial charge in [-0.15, -0.1) is 0 Å². The largest absolute Gasteiger partial charge is 0.315 e. The van der Waals surface area contributed by atoms with Gasteiger partial charge >= 0.3 is 0 Å². The Hall–Kier alpha value is -0.0800. The molecule has 1 N–H and O–H groups in total. The van der Waals surface area contributed by atoms with E-state index in [1.54, 1.807) is 0 Å². The Morgan fingerprint density at radius 2 is 2.07 bits per heavy atom. The summed E-state index contributed by atoms with van der Waals surface area (Å²) in [6, 6.07) is 1.66. The standard InChI is InChI=1S/C12H24N2/c1-10(2)12-9-13-7-6-11-5-3-4-8-14(11)12/h10-13H,3-9H2,1-2H3. The number of rotatable bonds is 1. The van der Waals surface area contributed by atoms with Gasteiger partial charge in [-0.05, 0) is 38.3 Å². The highest BCUT2D eigenvalue weighted by atomic mass is 15.2. The molecule has 2 nitrogen and oxygen atoms in total. The summed E-state index contributed by atoms with van der Waals surface area (Å²) in [5, 5.41) is 3.59. The molecule has 2 aliphatic heterocycles. The van der Waals surface area contributed by atoms with Gasteiger partial charge in [-0.1, -0.05) is 20.3 Å². The van der Waals surface area contributed by atoms with E-state index >= 15 is 0 Å². The van der Waals surface area contributed by atoms with Crippen LogP contribution < -0.4 is 5.32 Å². The smallest absolute Gasteiger partial charge is 0.0246 e. The van der Waals surface area contributed by atoms with E-state index < -0.39 is 0 Å². The second kappa shape index (κ2) is 4.63. The van der Waals surface area contributed by atoms with Gasteiger partial charge in [-0.3, -0.25) is 4.90 Å². The summed E-state index contributed by atoms with van der Waals surface area (Å²) in [6.07, 6.45) is 5.67. The third-order valence-corrected chi connectivity index (χ3v) is 3.88. The normalized spacial score (nSPS) is 35.4. The molecule has 0 radical (unpaired) electrons. The molecule has 0 spiro atoms. The molecule has 0 amide bonds. The molecule has 2 saturated heterocycles. The second-order valence-electron chi connectivity index (χ2n) is 5.19. The van der Waals surface area contributed by atoms with Gasteiger partial charge in [-0.2, -0.15) is 0 Å². The number of hydrogen-bond acceptors (Lipinski definition) is 2. The lowest BCUT2D eigenvalue weighted by molar-refractivity contribution is 0.0795. The number of hydrogen-bond donors (Lipinski definition) is 1. The van der Waals surface area contributed by atoms with Crippen LogP contribution in [-0.2, 0) is 0 Å². The van der Waals surface area contributed by atoms with Crippen LogP contribution in [0, 0.1) is 5.92 Å². The van der Waals surface area contributed by atoms with Crippen LogP contribution in [0.25, 0.3) is 0 Å². The van der Waals surface area contributed by atoms with E-state index in [1.165, 1.54) is 45.3 Å². The van der Waals surface area contributed by atoms with Gasteiger partial charge in [0.2, 0.25) is 0 Å². The van der Waals surface area contributed by atoms with Crippen molar-refractivity contribution >= 4 is 0 Å². The fraction of sp³-hybridized carbons (Fsp3) is 1.00. The van der Waals surface area contributed by atoms with Crippen LogP contribution in [-0.4, -0.2) is 36.6 Å². The first-order valence-electron chi connectivity index (χ1n) is 6.25. The predicted octanol–water partition coefficient (Wildman–Crippen LogP) is 1.86. The number of nitrogens with one attached hydrogen (secondary N) is 1. The van der Waals surface area contributed by atoms with Crippen molar-refractivity contribution < 1.29 is 0 Å². The Morgan fingerprint density at radius 3 is 2.86 bits per heavy atom.